The fourth-order valence-electron chi connectivity index (χ4n) is 2.41. The molecule has 1 aromatic rings. The molecule has 0 aromatic heterocycles. The molecule has 0 saturated heterocycles. The van der Waals surface area contributed by atoms with Gasteiger partial charge in [-0.05, 0) is 30.9 Å². The number of carbonyl (C=O) groups is 2. The number of carboxylic acid groups (broad SMARTS) is 1. The summed E-state index contributed by atoms with van der Waals surface area (Å²) in [6, 6.07) is 7.71. The zero-order valence-electron chi connectivity index (χ0n) is 10.4. The summed E-state index contributed by atoms with van der Waals surface area (Å²) in [5.41, 5.74) is 1.02. The first kappa shape index (κ1) is 14.1. The number of hydrogen-bond donors (Lipinski definition) is 2. The van der Waals surface area contributed by atoms with Crippen molar-refractivity contribution < 1.29 is 14.7 Å². The summed E-state index contributed by atoms with van der Waals surface area (Å²) >= 11 is 3.43. The van der Waals surface area contributed by atoms with Gasteiger partial charge in [-0.25, -0.2) is 0 Å². The van der Waals surface area contributed by atoms with Crippen LogP contribution in [0.1, 0.15) is 24.8 Å². The summed E-state index contributed by atoms with van der Waals surface area (Å²) in [4.78, 5) is 22.8. The van der Waals surface area contributed by atoms with Gasteiger partial charge in [0.15, 0.2) is 0 Å². The van der Waals surface area contributed by atoms with E-state index in [1.165, 1.54) is 0 Å². The van der Waals surface area contributed by atoms with Crippen LogP contribution in [-0.2, 0) is 16.1 Å². The Labute approximate surface area is 120 Å². The summed E-state index contributed by atoms with van der Waals surface area (Å²) in [5.74, 6) is -1.36. The Morgan fingerprint density at radius 1 is 1.26 bits per heavy atom. The Hall–Kier alpha value is -1.36. The van der Waals surface area contributed by atoms with Crippen molar-refractivity contribution in [2.75, 3.05) is 0 Å². The van der Waals surface area contributed by atoms with E-state index in [0.29, 0.717) is 25.8 Å². The van der Waals surface area contributed by atoms with E-state index in [4.69, 9.17) is 5.11 Å². The second-order valence-corrected chi connectivity index (χ2v) is 5.71. The van der Waals surface area contributed by atoms with E-state index >= 15 is 0 Å². The maximum atomic E-state index is 12.0. The second kappa shape index (κ2) is 6.19. The van der Waals surface area contributed by atoms with Crippen LogP contribution in [0.4, 0.5) is 0 Å². The van der Waals surface area contributed by atoms with Crippen molar-refractivity contribution in [1.82, 2.24) is 5.32 Å². The van der Waals surface area contributed by atoms with Crippen molar-refractivity contribution in [2.45, 2.75) is 25.8 Å². The van der Waals surface area contributed by atoms with Crippen LogP contribution in [0.15, 0.2) is 28.7 Å². The first-order valence-corrected chi connectivity index (χ1v) is 7.11. The number of amides is 1. The first-order valence-electron chi connectivity index (χ1n) is 6.32. The molecule has 4 nitrogen and oxygen atoms in total. The number of carboxylic acids is 1. The summed E-state index contributed by atoms with van der Waals surface area (Å²) in [6.07, 6.45) is 1.72. The fraction of sp³-hybridized carbons (Fsp3) is 0.429. The minimum absolute atomic E-state index is 0.0421. The van der Waals surface area contributed by atoms with Gasteiger partial charge in [0, 0.05) is 16.9 Å². The Bertz CT molecular complexity index is 489. The van der Waals surface area contributed by atoms with Gasteiger partial charge < -0.3 is 10.4 Å². The third kappa shape index (κ3) is 3.56. The van der Waals surface area contributed by atoms with Crippen LogP contribution >= 0.6 is 15.9 Å². The molecule has 0 bridgehead atoms. The number of nitrogens with one attached hydrogen (secondary N) is 1. The number of hydrogen-bond acceptors (Lipinski definition) is 2. The topological polar surface area (TPSA) is 66.4 Å². The van der Waals surface area contributed by atoms with Gasteiger partial charge in [-0.2, -0.15) is 0 Å². The fourth-order valence-corrected chi connectivity index (χ4v) is 2.84. The standard InChI is InChI=1S/C14H16BrNO3/c15-12-4-2-1-3-11(12)8-16-13(17)9-5-6-10(7-9)14(18)19/h1-4,9-10H,5-8H2,(H,16,17)(H,18,19). The van der Waals surface area contributed by atoms with Crippen molar-refractivity contribution in [2.24, 2.45) is 11.8 Å². The van der Waals surface area contributed by atoms with E-state index in [0.717, 1.165) is 10.0 Å². The van der Waals surface area contributed by atoms with Crippen LogP contribution in [0.5, 0.6) is 0 Å². The molecule has 102 valence electrons. The molecule has 0 spiro atoms. The van der Waals surface area contributed by atoms with E-state index < -0.39 is 5.97 Å². The van der Waals surface area contributed by atoms with E-state index in [1.54, 1.807) is 0 Å². The molecule has 1 saturated carbocycles. The maximum Gasteiger partial charge on any atom is 0.306 e. The van der Waals surface area contributed by atoms with Crippen molar-refractivity contribution in [3.8, 4) is 0 Å². The van der Waals surface area contributed by atoms with Crippen molar-refractivity contribution >= 4 is 27.8 Å². The molecular formula is C14H16BrNO3. The van der Waals surface area contributed by atoms with E-state index in [9.17, 15) is 9.59 Å². The molecule has 0 aliphatic heterocycles. The third-order valence-corrected chi connectivity index (χ3v) is 4.34. The zero-order chi connectivity index (χ0) is 13.8. The van der Waals surface area contributed by atoms with Crippen LogP contribution < -0.4 is 5.32 Å². The SMILES string of the molecule is O=C(O)C1CCC(C(=O)NCc2ccccc2Br)C1. The van der Waals surface area contributed by atoms with Crippen LogP contribution in [0.2, 0.25) is 0 Å². The number of carbonyl (C=O) groups excluding carboxylic acids is 1. The van der Waals surface area contributed by atoms with Gasteiger partial charge in [-0.3, -0.25) is 9.59 Å². The molecule has 1 amide bonds. The molecule has 0 radical (unpaired) electrons. The third-order valence-electron chi connectivity index (χ3n) is 3.56. The van der Waals surface area contributed by atoms with Crippen LogP contribution in [0.25, 0.3) is 0 Å². The molecule has 0 heterocycles. The van der Waals surface area contributed by atoms with E-state index in [1.807, 2.05) is 24.3 Å². The lowest BCUT2D eigenvalue weighted by atomic mass is 10.0. The molecule has 1 aromatic carbocycles. The van der Waals surface area contributed by atoms with Crippen LogP contribution in [-0.4, -0.2) is 17.0 Å². The monoisotopic (exact) mass is 325 g/mol. The Kier molecular flexibility index (Phi) is 4.58. The van der Waals surface area contributed by atoms with Crippen molar-refractivity contribution in [1.29, 1.82) is 0 Å². The molecule has 2 rings (SSSR count). The lowest BCUT2D eigenvalue weighted by molar-refractivity contribution is -0.141. The molecule has 1 aliphatic rings. The van der Waals surface area contributed by atoms with Crippen molar-refractivity contribution in [3.05, 3.63) is 34.3 Å². The summed E-state index contributed by atoms with van der Waals surface area (Å²) in [6.45, 7) is 0.467. The molecule has 5 heteroatoms. The molecule has 2 atom stereocenters. The normalized spacial score (nSPS) is 22.2. The lowest BCUT2D eigenvalue weighted by Crippen LogP contribution is -2.29. The van der Waals surface area contributed by atoms with Crippen molar-refractivity contribution in [3.63, 3.8) is 0 Å². The lowest BCUT2D eigenvalue weighted by Gasteiger charge is -2.11. The number of aliphatic carboxylic acids is 1. The Morgan fingerprint density at radius 2 is 1.95 bits per heavy atom. The van der Waals surface area contributed by atoms with Gasteiger partial charge >= 0.3 is 5.97 Å². The highest BCUT2D eigenvalue weighted by molar-refractivity contribution is 9.10. The van der Waals surface area contributed by atoms with Gasteiger partial charge in [-0.1, -0.05) is 34.1 Å². The van der Waals surface area contributed by atoms with E-state index in [-0.39, 0.29) is 17.7 Å². The maximum absolute atomic E-state index is 12.0. The van der Waals surface area contributed by atoms with Gasteiger partial charge in [0.25, 0.3) is 0 Å². The quantitative estimate of drug-likeness (QED) is 0.894. The molecular weight excluding hydrogens is 310 g/mol. The predicted molar refractivity (Wildman–Crippen MR) is 74.5 cm³/mol. The van der Waals surface area contributed by atoms with E-state index in [2.05, 4.69) is 21.2 Å². The first-order chi connectivity index (χ1) is 9.08. The molecule has 19 heavy (non-hydrogen) atoms. The summed E-state index contributed by atoms with van der Waals surface area (Å²) in [5, 5.41) is 11.8. The number of benzene rings is 1. The minimum Gasteiger partial charge on any atom is -0.481 e. The minimum atomic E-state index is -0.791. The highest BCUT2D eigenvalue weighted by atomic mass is 79.9. The summed E-state index contributed by atoms with van der Waals surface area (Å²) in [7, 11) is 0. The predicted octanol–water partition coefficient (Wildman–Crippen LogP) is 2.57. The Morgan fingerprint density at radius 3 is 2.58 bits per heavy atom. The van der Waals surface area contributed by atoms with Gasteiger partial charge in [0.2, 0.25) is 5.91 Å². The van der Waals surface area contributed by atoms with Gasteiger partial charge in [0.05, 0.1) is 5.92 Å². The van der Waals surface area contributed by atoms with Gasteiger partial charge in [-0.15, -0.1) is 0 Å². The Balaban J connectivity index is 1.86. The number of halogens is 1. The molecule has 2 unspecified atom stereocenters. The van der Waals surface area contributed by atoms with Crippen LogP contribution in [0.3, 0.4) is 0 Å². The van der Waals surface area contributed by atoms with Gasteiger partial charge in [0.1, 0.15) is 0 Å². The number of rotatable bonds is 4. The largest absolute Gasteiger partial charge is 0.481 e. The smallest absolute Gasteiger partial charge is 0.306 e. The highest BCUT2D eigenvalue weighted by Gasteiger charge is 2.33. The van der Waals surface area contributed by atoms with Crippen LogP contribution in [0, 0.1) is 11.8 Å². The highest BCUT2D eigenvalue weighted by Crippen LogP contribution is 2.31. The molecule has 1 fully saturated rings. The summed E-state index contributed by atoms with van der Waals surface area (Å²) < 4.78 is 0.963. The average Bonchev–Trinajstić information content (AvgIpc) is 2.87. The second-order valence-electron chi connectivity index (χ2n) is 4.85. The molecule has 2 N–H and O–H groups in total. The average molecular weight is 326 g/mol. The zero-order valence-corrected chi connectivity index (χ0v) is 12.0. The molecule has 1 aliphatic carbocycles.